The van der Waals surface area contributed by atoms with Crippen molar-refractivity contribution in [2.45, 2.75) is 33.1 Å². The predicted molar refractivity (Wildman–Crippen MR) is 95.3 cm³/mol. The van der Waals surface area contributed by atoms with Gasteiger partial charge in [-0.15, -0.1) is 0 Å². The van der Waals surface area contributed by atoms with Gasteiger partial charge in [-0.2, -0.15) is 0 Å². The van der Waals surface area contributed by atoms with Crippen molar-refractivity contribution < 1.29 is 9.59 Å². The first-order valence-electron chi connectivity index (χ1n) is 8.55. The summed E-state index contributed by atoms with van der Waals surface area (Å²) < 4.78 is 0. The molecule has 1 aromatic carbocycles. The Balaban J connectivity index is 1.75. The Kier molecular flexibility index (Phi) is 3.42. The molecule has 1 N–H and O–H groups in total. The number of nitrogens with one attached hydrogen (secondary N) is 1. The summed E-state index contributed by atoms with van der Waals surface area (Å²) in [5.74, 6) is -0.356. The van der Waals surface area contributed by atoms with Gasteiger partial charge in [0.05, 0.1) is 0 Å². The molecule has 0 saturated heterocycles. The number of amides is 1. The number of ketones is 1. The second kappa shape index (κ2) is 5.41. The van der Waals surface area contributed by atoms with Crippen LogP contribution in [0.5, 0.6) is 0 Å². The topological polar surface area (TPSA) is 70.2 Å². The zero-order valence-electron chi connectivity index (χ0n) is 14.4. The summed E-state index contributed by atoms with van der Waals surface area (Å²) in [4.78, 5) is 42.3. The largest absolute Gasteiger partial charge is 0.325 e. The van der Waals surface area contributed by atoms with Crippen LogP contribution in [0.15, 0.2) is 35.1 Å². The number of H-pyrrole nitrogens is 1. The minimum atomic E-state index is -0.418. The lowest BCUT2D eigenvalue weighted by Crippen LogP contribution is -2.36. The molecule has 1 aliphatic carbocycles. The van der Waals surface area contributed by atoms with E-state index in [9.17, 15) is 14.4 Å². The van der Waals surface area contributed by atoms with Gasteiger partial charge in [0.2, 0.25) is 0 Å². The Hall–Kier alpha value is -2.69. The molecule has 5 heteroatoms. The molecule has 0 atom stereocenters. The van der Waals surface area contributed by atoms with E-state index in [4.69, 9.17) is 0 Å². The van der Waals surface area contributed by atoms with E-state index in [0.717, 1.165) is 17.7 Å². The molecule has 1 amide bonds. The quantitative estimate of drug-likeness (QED) is 0.870. The van der Waals surface area contributed by atoms with Crippen LogP contribution in [0.25, 0.3) is 0 Å². The molecule has 0 fully saturated rings. The molecule has 0 unspecified atom stereocenters. The number of rotatable bonds is 1. The summed E-state index contributed by atoms with van der Waals surface area (Å²) in [5.41, 5.74) is 2.52. The van der Waals surface area contributed by atoms with Gasteiger partial charge in [0.15, 0.2) is 5.78 Å². The summed E-state index contributed by atoms with van der Waals surface area (Å²) >= 11 is 0. The number of aromatic nitrogens is 1. The third kappa shape index (κ3) is 2.60. The molecule has 2 heterocycles. The Morgan fingerprint density at radius 3 is 2.72 bits per heavy atom. The highest BCUT2D eigenvalue weighted by Crippen LogP contribution is 2.34. The van der Waals surface area contributed by atoms with Crippen LogP contribution in [0.3, 0.4) is 0 Å². The fraction of sp³-hybridized carbons (Fsp3) is 0.350. The van der Waals surface area contributed by atoms with E-state index < -0.39 is 5.56 Å². The van der Waals surface area contributed by atoms with E-state index in [1.807, 2.05) is 38.1 Å². The smallest absolute Gasteiger partial charge is 0.263 e. The van der Waals surface area contributed by atoms with Crippen molar-refractivity contribution in [3.63, 3.8) is 0 Å². The number of aromatic amines is 1. The van der Waals surface area contributed by atoms with Crippen molar-refractivity contribution in [3.8, 4) is 0 Å². The van der Waals surface area contributed by atoms with Crippen molar-refractivity contribution >= 4 is 17.4 Å². The Morgan fingerprint density at radius 2 is 1.92 bits per heavy atom. The molecule has 4 rings (SSSR count). The molecule has 2 aromatic rings. The number of carbonyl (C=O) groups is 2. The van der Waals surface area contributed by atoms with E-state index in [-0.39, 0.29) is 22.7 Å². The maximum absolute atomic E-state index is 12.9. The van der Waals surface area contributed by atoms with Crippen LogP contribution in [0.1, 0.15) is 52.2 Å². The SMILES string of the molecule is CC1(C)CC(=O)c2cc(C(=O)N3CCc4ccccc43)c(=O)[nH]c2C1. The van der Waals surface area contributed by atoms with Crippen molar-refractivity contribution in [3.05, 3.63) is 63.1 Å². The van der Waals surface area contributed by atoms with E-state index in [1.54, 1.807) is 4.90 Å². The zero-order chi connectivity index (χ0) is 17.8. The first-order chi connectivity index (χ1) is 11.9. The van der Waals surface area contributed by atoms with Gasteiger partial charge in [-0.25, -0.2) is 0 Å². The van der Waals surface area contributed by atoms with Gasteiger partial charge in [0.25, 0.3) is 11.5 Å². The Labute approximate surface area is 145 Å². The van der Waals surface area contributed by atoms with Gasteiger partial charge in [0, 0.05) is 29.9 Å². The van der Waals surface area contributed by atoms with Crippen molar-refractivity contribution in [2.75, 3.05) is 11.4 Å². The third-order valence-electron chi connectivity index (χ3n) is 5.08. The van der Waals surface area contributed by atoms with Crippen LogP contribution in [0.2, 0.25) is 0 Å². The second-order valence-corrected chi connectivity index (χ2v) is 7.68. The predicted octanol–water partition coefficient (Wildman–Crippen LogP) is 2.73. The van der Waals surface area contributed by atoms with E-state index in [1.165, 1.54) is 6.07 Å². The second-order valence-electron chi connectivity index (χ2n) is 7.68. The highest BCUT2D eigenvalue weighted by molar-refractivity contribution is 6.09. The Morgan fingerprint density at radius 1 is 1.16 bits per heavy atom. The van der Waals surface area contributed by atoms with Gasteiger partial charge in [-0.1, -0.05) is 32.0 Å². The van der Waals surface area contributed by atoms with Crippen molar-refractivity contribution in [2.24, 2.45) is 5.41 Å². The van der Waals surface area contributed by atoms with E-state index >= 15 is 0 Å². The first-order valence-corrected chi connectivity index (χ1v) is 8.55. The summed E-state index contributed by atoms with van der Waals surface area (Å²) in [6, 6.07) is 9.20. The fourth-order valence-corrected chi connectivity index (χ4v) is 3.88. The average Bonchev–Trinajstić information content (AvgIpc) is 2.96. The maximum Gasteiger partial charge on any atom is 0.263 e. The van der Waals surface area contributed by atoms with Crippen LogP contribution in [-0.4, -0.2) is 23.2 Å². The number of hydrogen-bond donors (Lipinski definition) is 1. The number of nitrogens with zero attached hydrogens (tertiary/aromatic N) is 1. The molecule has 1 aromatic heterocycles. The van der Waals surface area contributed by atoms with Gasteiger partial charge in [-0.05, 0) is 36.0 Å². The summed E-state index contributed by atoms with van der Waals surface area (Å²) in [6.07, 6.45) is 1.83. The van der Waals surface area contributed by atoms with Gasteiger partial charge in [-0.3, -0.25) is 14.4 Å². The number of para-hydroxylation sites is 1. The number of carbonyl (C=O) groups excluding carboxylic acids is 2. The molecule has 128 valence electrons. The number of benzene rings is 1. The van der Waals surface area contributed by atoms with Crippen LogP contribution < -0.4 is 10.5 Å². The number of anilines is 1. The molecule has 0 radical (unpaired) electrons. The first kappa shape index (κ1) is 15.8. The molecule has 1 aliphatic heterocycles. The molecule has 0 bridgehead atoms. The maximum atomic E-state index is 12.9. The number of hydrogen-bond acceptors (Lipinski definition) is 3. The number of Topliss-reactive ketones (excluding diaryl/α,β-unsaturated/α-hetero) is 1. The molecule has 2 aliphatic rings. The molecular formula is C20H20N2O3. The van der Waals surface area contributed by atoms with Crippen molar-refractivity contribution in [1.29, 1.82) is 0 Å². The molecule has 5 nitrogen and oxygen atoms in total. The molecular weight excluding hydrogens is 316 g/mol. The molecule has 0 saturated carbocycles. The molecule has 25 heavy (non-hydrogen) atoms. The normalized spacial score (nSPS) is 18.0. The van der Waals surface area contributed by atoms with Gasteiger partial charge in [0.1, 0.15) is 5.56 Å². The van der Waals surface area contributed by atoms with E-state index in [2.05, 4.69) is 4.98 Å². The monoisotopic (exact) mass is 336 g/mol. The Bertz CT molecular complexity index is 956. The average molecular weight is 336 g/mol. The van der Waals surface area contributed by atoms with Crippen LogP contribution in [0.4, 0.5) is 5.69 Å². The molecule has 0 spiro atoms. The van der Waals surface area contributed by atoms with Gasteiger partial charge < -0.3 is 9.88 Å². The summed E-state index contributed by atoms with van der Waals surface area (Å²) in [5, 5.41) is 0. The standard InChI is InChI=1S/C20H20N2O3/c1-20(2)10-15-13(17(23)11-20)9-14(18(24)21-15)19(25)22-8-7-12-5-3-4-6-16(12)22/h3-6,9H,7-8,10-11H2,1-2H3,(H,21,24). The van der Waals surface area contributed by atoms with Crippen LogP contribution >= 0.6 is 0 Å². The summed E-state index contributed by atoms with van der Waals surface area (Å²) in [7, 11) is 0. The fourth-order valence-electron chi connectivity index (χ4n) is 3.88. The third-order valence-corrected chi connectivity index (χ3v) is 5.08. The lowest BCUT2D eigenvalue weighted by molar-refractivity contribution is 0.0910. The minimum absolute atomic E-state index is 0.0154. The van der Waals surface area contributed by atoms with Crippen molar-refractivity contribution in [1.82, 2.24) is 4.98 Å². The van der Waals surface area contributed by atoms with Gasteiger partial charge >= 0.3 is 0 Å². The highest BCUT2D eigenvalue weighted by atomic mass is 16.2. The van der Waals surface area contributed by atoms with E-state index in [0.29, 0.717) is 30.6 Å². The minimum Gasteiger partial charge on any atom is -0.325 e. The number of fused-ring (bicyclic) bond motifs is 2. The highest BCUT2D eigenvalue weighted by Gasteiger charge is 2.34. The lowest BCUT2D eigenvalue weighted by Gasteiger charge is -2.30. The lowest BCUT2D eigenvalue weighted by atomic mass is 9.75. The summed E-state index contributed by atoms with van der Waals surface area (Å²) in [6.45, 7) is 4.56. The zero-order valence-corrected chi connectivity index (χ0v) is 14.4. The van der Waals surface area contributed by atoms with Crippen LogP contribution in [0, 0.1) is 5.41 Å². The van der Waals surface area contributed by atoms with Crippen LogP contribution in [-0.2, 0) is 12.8 Å². The number of pyridine rings is 1.